The number of halogens is 3. The molecular formula is C11H9BrClIN2O. The van der Waals surface area contributed by atoms with Gasteiger partial charge in [-0.15, -0.1) is 0 Å². The Morgan fingerprint density at radius 2 is 2.24 bits per heavy atom. The molecule has 0 bridgehead atoms. The van der Waals surface area contributed by atoms with Crippen LogP contribution < -0.4 is 5.56 Å². The van der Waals surface area contributed by atoms with Gasteiger partial charge in [-0.25, -0.2) is 4.98 Å². The minimum absolute atomic E-state index is 0.0823. The zero-order valence-corrected chi connectivity index (χ0v) is 13.5. The molecule has 0 saturated carbocycles. The molecule has 1 heterocycles. The van der Waals surface area contributed by atoms with E-state index in [4.69, 9.17) is 11.6 Å². The van der Waals surface area contributed by atoms with Gasteiger partial charge in [0.05, 0.1) is 10.9 Å². The molecule has 0 aliphatic rings. The third kappa shape index (κ3) is 2.51. The molecule has 0 fully saturated rings. The number of hydrogen-bond acceptors (Lipinski definition) is 2. The van der Waals surface area contributed by atoms with E-state index in [1.54, 1.807) is 6.07 Å². The fraction of sp³-hybridized carbons (Fsp3) is 0.273. The maximum absolute atomic E-state index is 12.3. The summed E-state index contributed by atoms with van der Waals surface area (Å²) in [7, 11) is 0. The van der Waals surface area contributed by atoms with Crippen LogP contribution in [0.2, 0.25) is 5.28 Å². The SMILES string of the molecule is CCCn1c(Cl)nc2c(I)cc(Br)cc2c1=O. The fourth-order valence-electron chi connectivity index (χ4n) is 1.64. The number of rotatable bonds is 2. The lowest BCUT2D eigenvalue weighted by atomic mass is 10.2. The Hall–Kier alpha value is -0.140. The van der Waals surface area contributed by atoms with Gasteiger partial charge in [0.25, 0.3) is 5.56 Å². The van der Waals surface area contributed by atoms with Gasteiger partial charge in [0, 0.05) is 14.6 Å². The van der Waals surface area contributed by atoms with Gasteiger partial charge in [0.2, 0.25) is 5.28 Å². The molecule has 0 aliphatic heterocycles. The van der Waals surface area contributed by atoms with Crippen LogP contribution in [0.1, 0.15) is 13.3 Å². The molecule has 17 heavy (non-hydrogen) atoms. The topological polar surface area (TPSA) is 34.9 Å². The third-order valence-electron chi connectivity index (χ3n) is 2.38. The molecule has 6 heteroatoms. The summed E-state index contributed by atoms with van der Waals surface area (Å²) in [6.07, 6.45) is 0.845. The Balaban J connectivity index is 2.87. The lowest BCUT2D eigenvalue weighted by Crippen LogP contribution is -2.22. The monoisotopic (exact) mass is 426 g/mol. The van der Waals surface area contributed by atoms with Crippen LogP contribution in [0, 0.1) is 3.57 Å². The van der Waals surface area contributed by atoms with Crippen LogP contribution in [0.5, 0.6) is 0 Å². The van der Waals surface area contributed by atoms with Crippen molar-refractivity contribution in [3.63, 3.8) is 0 Å². The van der Waals surface area contributed by atoms with Gasteiger partial charge in [0.15, 0.2) is 0 Å². The van der Waals surface area contributed by atoms with E-state index in [0.29, 0.717) is 17.4 Å². The maximum Gasteiger partial charge on any atom is 0.262 e. The van der Waals surface area contributed by atoms with E-state index >= 15 is 0 Å². The van der Waals surface area contributed by atoms with E-state index in [9.17, 15) is 4.79 Å². The predicted molar refractivity (Wildman–Crippen MR) is 81.7 cm³/mol. The molecule has 90 valence electrons. The van der Waals surface area contributed by atoms with Crippen LogP contribution in [0.4, 0.5) is 0 Å². The molecule has 0 amide bonds. The molecule has 3 nitrogen and oxygen atoms in total. The van der Waals surface area contributed by atoms with Crippen molar-refractivity contribution in [1.29, 1.82) is 0 Å². The van der Waals surface area contributed by atoms with Gasteiger partial charge < -0.3 is 0 Å². The normalized spacial score (nSPS) is 11.1. The molecule has 1 aromatic heterocycles. The highest BCUT2D eigenvalue weighted by Crippen LogP contribution is 2.23. The molecule has 0 aliphatic carbocycles. The van der Waals surface area contributed by atoms with Crippen LogP contribution in [-0.2, 0) is 6.54 Å². The Morgan fingerprint density at radius 3 is 2.88 bits per heavy atom. The molecule has 0 saturated heterocycles. The van der Waals surface area contributed by atoms with Gasteiger partial charge in [-0.1, -0.05) is 22.9 Å². The summed E-state index contributed by atoms with van der Waals surface area (Å²) in [6, 6.07) is 3.70. The summed E-state index contributed by atoms with van der Waals surface area (Å²) >= 11 is 11.6. The Kier molecular flexibility index (Phi) is 4.10. The van der Waals surface area contributed by atoms with Crippen molar-refractivity contribution in [2.75, 3.05) is 0 Å². The van der Waals surface area contributed by atoms with Gasteiger partial charge in [-0.3, -0.25) is 9.36 Å². The van der Waals surface area contributed by atoms with Crippen molar-refractivity contribution in [2.24, 2.45) is 0 Å². The molecule has 2 rings (SSSR count). The number of nitrogens with zero attached hydrogens (tertiary/aromatic N) is 2. The highest BCUT2D eigenvalue weighted by Gasteiger charge is 2.11. The van der Waals surface area contributed by atoms with Crippen LogP contribution in [0.3, 0.4) is 0 Å². The average molecular weight is 427 g/mol. The van der Waals surface area contributed by atoms with Crippen molar-refractivity contribution in [3.8, 4) is 0 Å². The second-order valence-electron chi connectivity index (χ2n) is 3.62. The van der Waals surface area contributed by atoms with E-state index in [0.717, 1.165) is 14.5 Å². The Morgan fingerprint density at radius 1 is 1.53 bits per heavy atom. The summed E-state index contributed by atoms with van der Waals surface area (Å²) in [6.45, 7) is 2.58. The van der Waals surface area contributed by atoms with Crippen LogP contribution in [-0.4, -0.2) is 9.55 Å². The first kappa shape index (κ1) is 13.3. The lowest BCUT2D eigenvalue weighted by Gasteiger charge is -2.09. The van der Waals surface area contributed by atoms with Crippen molar-refractivity contribution in [1.82, 2.24) is 9.55 Å². The molecule has 0 atom stereocenters. The van der Waals surface area contributed by atoms with Crippen molar-refractivity contribution in [2.45, 2.75) is 19.9 Å². The van der Waals surface area contributed by atoms with Gasteiger partial charge >= 0.3 is 0 Å². The van der Waals surface area contributed by atoms with E-state index in [1.807, 2.05) is 13.0 Å². The average Bonchev–Trinajstić information content (AvgIpc) is 2.26. The molecule has 0 unspecified atom stereocenters. The third-order valence-corrected chi connectivity index (χ3v) is 3.95. The highest BCUT2D eigenvalue weighted by molar-refractivity contribution is 14.1. The predicted octanol–water partition coefficient (Wildman–Crippen LogP) is 3.83. The first-order valence-electron chi connectivity index (χ1n) is 5.09. The van der Waals surface area contributed by atoms with Gasteiger partial charge in [-0.05, 0) is 52.7 Å². The molecule has 2 aromatic rings. The Labute approximate surface area is 125 Å². The quantitative estimate of drug-likeness (QED) is 0.540. The standard InChI is InChI=1S/C11H9BrClIN2O/c1-2-3-16-10(17)7-4-6(12)5-8(14)9(7)15-11(16)13/h4-5H,2-3H2,1H3. The molecule has 0 radical (unpaired) electrons. The summed E-state index contributed by atoms with van der Waals surface area (Å²) in [5, 5.41) is 0.853. The minimum Gasteiger partial charge on any atom is -0.283 e. The molecule has 1 aromatic carbocycles. The zero-order valence-electron chi connectivity index (χ0n) is 9.01. The molecule has 0 N–H and O–H groups in total. The molecule has 0 spiro atoms. The zero-order chi connectivity index (χ0) is 12.6. The highest BCUT2D eigenvalue weighted by atomic mass is 127. The number of hydrogen-bond donors (Lipinski definition) is 0. The second kappa shape index (κ2) is 5.24. The first-order valence-corrected chi connectivity index (χ1v) is 7.34. The number of aromatic nitrogens is 2. The van der Waals surface area contributed by atoms with E-state index in [1.165, 1.54) is 4.57 Å². The lowest BCUT2D eigenvalue weighted by molar-refractivity contribution is 0.649. The van der Waals surface area contributed by atoms with Gasteiger partial charge in [0.1, 0.15) is 0 Å². The molecular weight excluding hydrogens is 418 g/mol. The summed E-state index contributed by atoms with van der Waals surface area (Å²) in [4.78, 5) is 16.6. The minimum atomic E-state index is -0.0823. The van der Waals surface area contributed by atoms with Gasteiger partial charge in [-0.2, -0.15) is 0 Å². The first-order chi connectivity index (χ1) is 8.04. The van der Waals surface area contributed by atoms with Crippen molar-refractivity contribution in [3.05, 3.63) is 35.8 Å². The number of benzene rings is 1. The van der Waals surface area contributed by atoms with Crippen LogP contribution >= 0.6 is 50.1 Å². The summed E-state index contributed by atoms with van der Waals surface area (Å²) < 4.78 is 3.29. The summed E-state index contributed by atoms with van der Waals surface area (Å²) in [5.41, 5.74) is 0.581. The Bertz CT molecular complexity index is 641. The fourth-order valence-corrected chi connectivity index (χ4v) is 3.52. The largest absolute Gasteiger partial charge is 0.283 e. The smallest absolute Gasteiger partial charge is 0.262 e. The second-order valence-corrected chi connectivity index (χ2v) is 6.04. The van der Waals surface area contributed by atoms with E-state index in [2.05, 4.69) is 43.5 Å². The number of fused-ring (bicyclic) bond motifs is 1. The van der Waals surface area contributed by atoms with Crippen LogP contribution in [0.25, 0.3) is 10.9 Å². The van der Waals surface area contributed by atoms with Crippen LogP contribution in [0.15, 0.2) is 21.4 Å². The van der Waals surface area contributed by atoms with Crippen molar-refractivity contribution < 1.29 is 0 Å². The maximum atomic E-state index is 12.3. The van der Waals surface area contributed by atoms with E-state index < -0.39 is 0 Å². The summed E-state index contributed by atoms with van der Waals surface area (Å²) in [5.74, 6) is 0. The van der Waals surface area contributed by atoms with E-state index in [-0.39, 0.29) is 10.8 Å². The van der Waals surface area contributed by atoms with Crippen molar-refractivity contribution >= 4 is 61.0 Å².